The molecule has 3 heterocycles. The van der Waals surface area contributed by atoms with E-state index >= 15 is 0 Å². The van der Waals surface area contributed by atoms with Gasteiger partial charge in [-0.15, -0.1) is 0 Å². The molecule has 1 N–H and O–H groups in total. The maximum absolute atomic E-state index is 12.4. The predicted molar refractivity (Wildman–Crippen MR) is 112 cm³/mol. The van der Waals surface area contributed by atoms with E-state index in [0.717, 1.165) is 50.5 Å². The molecule has 6 heteroatoms. The Labute approximate surface area is 170 Å². The highest BCUT2D eigenvalue weighted by atomic mass is 79.9. The summed E-state index contributed by atoms with van der Waals surface area (Å²) in [5.41, 5.74) is 5.58. The van der Waals surface area contributed by atoms with Crippen LogP contribution in [-0.4, -0.2) is 35.3 Å². The summed E-state index contributed by atoms with van der Waals surface area (Å²) in [6.45, 7) is 2.62. The van der Waals surface area contributed by atoms with Gasteiger partial charge in [-0.3, -0.25) is 4.99 Å². The van der Waals surface area contributed by atoms with Crippen molar-refractivity contribution in [3.63, 3.8) is 0 Å². The second-order valence-corrected chi connectivity index (χ2v) is 8.28. The van der Waals surface area contributed by atoms with Gasteiger partial charge in [-0.2, -0.15) is 0 Å². The fourth-order valence-corrected chi connectivity index (χ4v) is 5.28. The molecule has 1 atom stereocenters. The molecule has 1 unspecified atom stereocenters. The Morgan fingerprint density at radius 1 is 1.36 bits per heavy atom. The van der Waals surface area contributed by atoms with Crippen LogP contribution in [0, 0.1) is 0 Å². The van der Waals surface area contributed by atoms with Crippen molar-refractivity contribution in [2.45, 2.75) is 25.8 Å². The molecule has 28 heavy (non-hydrogen) atoms. The Morgan fingerprint density at radius 2 is 2.18 bits per heavy atom. The van der Waals surface area contributed by atoms with Gasteiger partial charge < -0.3 is 14.7 Å². The zero-order valence-electron chi connectivity index (χ0n) is 15.6. The van der Waals surface area contributed by atoms with Crippen molar-refractivity contribution in [1.82, 2.24) is 4.90 Å². The van der Waals surface area contributed by atoms with Gasteiger partial charge in [0.05, 0.1) is 18.8 Å². The van der Waals surface area contributed by atoms with Crippen molar-refractivity contribution in [1.29, 1.82) is 0 Å². The van der Waals surface area contributed by atoms with Crippen LogP contribution in [0.3, 0.4) is 0 Å². The molecule has 142 valence electrons. The highest BCUT2D eigenvalue weighted by Gasteiger charge is 2.37. The average molecular weight is 439 g/mol. The van der Waals surface area contributed by atoms with Gasteiger partial charge in [-0.05, 0) is 60.7 Å². The third-order valence-electron chi connectivity index (χ3n) is 5.88. The topological polar surface area (TPSA) is 62.1 Å². The molecule has 0 aliphatic carbocycles. The first kappa shape index (κ1) is 17.5. The third-order valence-corrected chi connectivity index (χ3v) is 6.59. The summed E-state index contributed by atoms with van der Waals surface area (Å²) in [7, 11) is 1.67. The van der Waals surface area contributed by atoms with E-state index in [1.165, 1.54) is 11.1 Å². The minimum Gasteiger partial charge on any atom is -0.497 e. The van der Waals surface area contributed by atoms with Crippen LogP contribution in [0.4, 0.5) is 5.69 Å². The number of carboxylic acids is 1. The summed E-state index contributed by atoms with van der Waals surface area (Å²) in [5.74, 6) is -0.0479. The Kier molecular flexibility index (Phi) is 3.88. The summed E-state index contributed by atoms with van der Waals surface area (Å²) in [4.78, 5) is 19.0. The van der Waals surface area contributed by atoms with E-state index in [9.17, 15) is 9.90 Å². The lowest BCUT2D eigenvalue weighted by atomic mass is 9.84. The lowest BCUT2D eigenvalue weighted by Gasteiger charge is -2.42. The highest BCUT2D eigenvalue weighted by Crippen LogP contribution is 2.39. The number of ether oxygens (including phenoxy) is 1. The van der Waals surface area contributed by atoms with E-state index in [-0.39, 0.29) is 6.04 Å². The van der Waals surface area contributed by atoms with E-state index in [1.54, 1.807) is 7.11 Å². The number of hydrogen-bond donors (Lipinski definition) is 1. The van der Waals surface area contributed by atoms with E-state index in [2.05, 4.69) is 38.0 Å². The van der Waals surface area contributed by atoms with Crippen LogP contribution in [-0.2, 0) is 17.6 Å². The number of aliphatic carboxylic acids is 1. The third kappa shape index (κ3) is 2.44. The molecule has 0 fully saturated rings. The first-order valence-corrected chi connectivity index (χ1v) is 10.1. The number of aliphatic imine (C=N–C) groups is 1. The fraction of sp³-hybridized carbons (Fsp3) is 0.273. The molecular weight excluding hydrogens is 420 g/mol. The van der Waals surface area contributed by atoms with Gasteiger partial charge in [0.15, 0.2) is 0 Å². The second kappa shape index (κ2) is 6.21. The van der Waals surface area contributed by atoms with Crippen molar-refractivity contribution in [2.75, 3.05) is 13.7 Å². The summed E-state index contributed by atoms with van der Waals surface area (Å²) < 4.78 is 6.30. The first-order valence-electron chi connectivity index (χ1n) is 9.27. The van der Waals surface area contributed by atoms with E-state index < -0.39 is 5.97 Å². The highest BCUT2D eigenvalue weighted by molar-refractivity contribution is 9.10. The Bertz CT molecular complexity index is 1200. The zero-order chi connectivity index (χ0) is 19.6. The van der Waals surface area contributed by atoms with Gasteiger partial charge in [-0.1, -0.05) is 22.0 Å². The molecule has 0 aromatic heterocycles. The van der Waals surface area contributed by atoms with E-state index in [4.69, 9.17) is 4.74 Å². The van der Waals surface area contributed by atoms with Crippen LogP contribution in [0.1, 0.15) is 29.7 Å². The fourth-order valence-electron chi connectivity index (χ4n) is 4.70. The Morgan fingerprint density at radius 3 is 2.93 bits per heavy atom. The van der Waals surface area contributed by atoms with Gasteiger partial charge in [0.25, 0.3) is 0 Å². The molecule has 3 aliphatic rings. The quantitative estimate of drug-likeness (QED) is 0.782. The zero-order valence-corrected chi connectivity index (χ0v) is 17.2. The standard InChI is InChI=1S/C22H19BrN2O3/c1-11-7-16-18(24-11)10-17(23)15-9-19-14-4-3-13(28-2)8-12(14)5-6-25(19)21(20(15)16)22(26)27/h3-4,7-8,10,19H,5-6,9H2,1-2H3,(H,26,27). The second-order valence-electron chi connectivity index (χ2n) is 7.42. The smallest absolute Gasteiger partial charge is 0.352 e. The predicted octanol–water partition coefficient (Wildman–Crippen LogP) is 2.69. The largest absolute Gasteiger partial charge is 0.497 e. The lowest BCUT2D eigenvalue weighted by Crippen LogP contribution is -2.49. The van der Waals surface area contributed by atoms with Gasteiger partial charge in [-0.25, -0.2) is 4.79 Å². The number of halogens is 1. The van der Waals surface area contributed by atoms with Crippen molar-refractivity contribution in [2.24, 2.45) is 4.99 Å². The average Bonchev–Trinajstić information content (AvgIpc) is 3.05. The number of rotatable bonds is 2. The van der Waals surface area contributed by atoms with E-state index in [1.807, 2.05) is 25.1 Å². The van der Waals surface area contributed by atoms with Gasteiger partial charge >= 0.3 is 5.97 Å². The SMILES string of the molecule is COc1ccc2c(c1)CCN1C(C(=O)O)=c3c(c(Br)cc4c3=CC(C)=N4)CC21. The molecule has 0 radical (unpaired) electrons. The first-order chi connectivity index (χ1) is 13.5. The molecule has 5 rings (SSSR count). The number of nitrogens with zero attached hydrogens (tertiary/aromatic N) is 2. The molecule has 0 spiro atoms. The van der Waals surface area contributed by atoms with Crippen molar-refractivity contribution in [3.8, 4) is 5.75 Å². The molecular formula is C22H19BrN2O3. The van der Waals surface area contributed by atoms with Crippen molar-refractivity contribution >= 4 is 45.1 Å². The number of benzene rings is 2. The number of carbonyl (C=O) groups is 1. The minimum absolute atomic E-state index is 0.00558. The molecule has 0 bridgehead atoms. The summed E-state index contributed by atoms with van der Waals surface area (Å²) in [6, 6.07) is 8.13. The number of hydrogen-bond acceptors (Lipinski definition) is 4. The Balaban J connectivity index is 1.79. The molecule has 0 saturated carbocycles. The van der Waals surface area contributed by atoms with Gasteiger partial charge in [0, 0.05) is 27.2 Å². The monoisotopic (exact) mass is 438 g/mol. The van der Waals surface area contributed by atoms with E-state index in [0.29, 0.717) is 12.2 Å². The number of methoxy groups -OCH3 is 1. The number of carboxylic acid groups (broad SMARTS) is 1. The normalized spacial score (nSPS) is 19.1. The molecule has 2 aromatic carbocycles. The lowest BCUT2D eigenvalue weighted by molar-refractivity contribution is -0.132. The van der Waals surface area contributed by atoms with Gasteiger partial charge in [0.1, 0.15) is 11.4 Å². The molecule has 5 nitrogen and oxygen atoms in total. The van der Waals surface area contributed by atoms with Crippen LogP contribution in [0.5, 0.6) is 5.75 Å². The minimum atomic E-state index is -0.888. The van der Waals surface area contributed by atoms with Gasteiger partial charge in [0.2, 0.25) is 0 Å². The maximum Gasteiger partial charge on any atom is 0.352 e. The van der Waals surface area contributed by atoms with Crippen LogP contribution in [0.2, 0.25) is 0 Å². The Hall–Kier alpha value is -2.60. The van der Waals surface area contributed by atoms with Crippen LogP contribution < -0.4 is 15.2 Å². The summed E-state index contributed by atoms with van der Waals surface area (Å²) in [6.07, 6.45) is 3.55. The van der Waals surface area contributed by atoms with Crippen LogP contribution in [0.15, 0.2) is 33.7 Å². The molecule has 0 saturated heterocycles. The summed E-state index contributed by atoms with van der Waals surface area (Å²) in [5, 5.41) is 11.9. The van der Waals surface area contributed by atoms with Crippen molar-refractivity contribution in [3.05, 3.63) is 55.9 Å². The molecule has 0 amide bonds. The molecule has 3 aliphatic heterocycles. The maximum atomic E-state index is 12.4. The summed E-state index contributed by atoms with van der Waals surface area (Å²) >= 11 is 3.68. The molecule has 2 aromatic rings. The van der Waals surface area contributed by atoms with Crippen LogP contribution in [0.25, 0.3) is 11.8 Å². The number of fused-ring (bicyclic) bond motifs is 6. The van der Waals surface area contributed by atoms with Crippen LogP contribution >= 0.6 is 15.9 Å². The van der Waals surface area contributed by atoms with Crippen molar-refractivity contribution < 1.29 is 14.6 Å².